The Morgan fingerprint density at radius 3 is 2.43 bits per heavy atom. The van der Waals surface area contributed by atoms with Crippen LogP contribution >= 0.6 is 11.6 Å². The molecule has 0 saturated carbocycles. The number of nitrogens with zero attached hydrogens (tertiary/aromatic N) is 1. The number of anilines is 1. The molecule has 108 valence electrons. The summed E-state index contributed by atoms with van der Waals surface area (Å²) in [6, 6.07) is 14.2. The van der Waals surface area contributed by atoms with Gasteiger partial charge in [-0.25, -0.2) is 0 Å². The van der Waals surface area contributed by atoms with Crippen molar-refractivity contribution in [2.45, 2.75) is 12.7 Å². The maximum atomic E-state index is 12.4. The molecular weight excluding hydrogens is 298 g/mol. The minimum Gasteiger partial charge on any atom is -0.434 e. The van der Waals surface area contributed by atoms with Crippen LogP contribution in [0.5, 0.6) is 5.75 Å². The normalized spacial score (nSPS) is 11.8. The lowest BCUT2D eigenvalue weighted by Gasteiger charge is -2.17. The van der Waals surface area contributed by atoms with E-state index in [9.17, 15) is 14.0 Å². The van der Waals surface area contributed by atoms with E-state index >= 15 is 0 Å². The molecule has 0 amide bonds. The van der Waals surface area contributed by atoms with Gasteiger partial charge in [0.2, 0.25) is 0 Å². The van der Waals surface area contributed by atoms with Crippen LogP contribution in [0.2, 0.25) is 5.02 Å². The number of alkyl halides is 2. The lowest BCUT2D eigenvalue weighted by Crippen LogP contribution is -2.12. The predicted molar refractivity (Wildman–Crippen MR) is 76.5 cm³/mol. The summed E-state index contributed by atoms with van der Waals surface area (Å²) in [5, 5.41) is 12.6. The minimum absolute atomic E-state index is 0.0430. The van der Waals surface area contributed by atoms with E-state index in [-0.39, 0.29) is 5.75 Å². The maximum Gasteiger partial charge on any atom is 0.387 e. The molecule has 3 nitrogen and oxygen atoms in total. The molecule has 6 heteroatoms. The van der Waals surface area contributed by atoms with Gasteiger partial charge in [-0.3, -0.25) is 0 Å². The van der Waals surface area contributed by atoms with Crippen molar-refractivity contribution in [2.24, 2.45) is 0 Å². The van der Waals surface area contributed by atoms with E-state index in [1.54, 1.807) is 42.5 Å². The molecule has 0 radical (unpaired) electrons. The number of rotatable bonds is 5. The van der Waals surface area contributed by atoms with E-state index in [4.69, 9.17) is 11.6 Å². The van der Waals surface area contributed by atoms with Crippen LogP contribution in [0.15, 0.2) is 48.5 Å². The molecule has 2 aromatic rings. The summed E-state index contributed by atoms with van der Waals surface area (Å²) in [7, 11) is 0. The van der Waals surface area contributed by atoms with E-state index in [0.29, 0.717) is 16.3 Å². The summed E-state index contributed by atoms with van der Waals surface area (Å²) in [5.41, 5.74) is 0.859. The highest BCUT2D eigenvalue weighted by atomic mass is 35.5. The second-order valence-corrected chi connectivity index (χ2v) is 4.51. The molecule has 0 aliphatic heterocycles. The van der Waals surface area contributed by atoms with Crippen molar-refractivity contribution in [1.29, 1.82) is 5.26 Å². The first-order valence-electron chi connectivity index (χ1n) is 6.06. The zero-order valence-corrected chi connectivity index (χ0v) is 11.5. The second kappa shape index (κ2) is 6.91. The van der Waals surface area contributed by atoms with Crippen LogP contribution in [0.3, 0.4) is 0 Å². The van der Waals surface area contributed by atoms with Gasteiger partial charge in [0.15, 0.2) is 0 Å². The van der Waals surface area contributed by atoms with Gasteiger partial charge in [0, 0.05) is 5.56 Å². The van der Waals surface area contributed by atoms with Crippen LogP contribution in [0.4, 0.5) is 14.5 Å². The highest BCUT2D eigenvalue weighted by Crippen LogP contribution is 2.31. The Morgan fingerprint density at radius 1 is 1.10 bits per heavy atom. The molecule has 2 aromatic carbocycles. The number of hydrogen-bond acceptors (Lipinski definition) is 3. The molecule has 21 heavy (non-hydrogen) atoms. The predicted octanol–water partition coefficient (Wildman–Crippen LogP) is 4.62. The Bertz CT molecular complexity index is 658. The molecule has 0 aromatic heterocycles. The van der Waals surface area contributed by atoms with Gasteiger partial charge in [0.25, 0.3) is 0 Å². The van der Waals surface area contributed by atoms with Crippen molar-refractivity contribution in [1.82, 2.24) is 0 Å². The van der Waals surface area contributed by atoms with Gasteiger partial charge in [0.1, 0.15) is 11.8 Å². The van der Waals surface area contributed by atoms with Gasteiger partial charge < -0.3 is 10.1 Å². The molecule has 0 heterocycles. The number of ether oxygens (including phenoxy) is 1. The third kappa shape index (κ3) is 3.83. The first-order chi connectivity index (χ1) is 10.1. The van der Waals surface area contributed by atoms with Crippen molar-refractivity contribution < 1.29 is 13.5 Å². The average molecular weight is 309 g/mol. The van der Waals surface area contributed by atoms with E-state index in [1.165, 1.54) is 6.07 Å². The number of para-hydroxylation sites is 2. The molecule has 1 atom stereocenters. The molecule has 0 bridgehead atoms. The van der Waals surface area contributed by atoms with Crippen molar-refractivity contribution in [3.05, 3.63) is 59.1 Å². The third-order valence-electron chi connectivity index (χ3n) is 2.75. The highest BCUT2D eigenvalue weighted by Gasteiger charge is 2.18. The third-order valence-corrected chi connectivity index (χ3v) is 3.08. The molecule has 1 unspecified atom stereocenters. The lowest BCUT2D eigenvalue weighted by molar-refractivity contribution is -0.0504. The van der Waals surface area contributed by atoms with Crippen LogP contribution in [-0.4, -0.2) is 6.61 Å². The zero-order valence-electron chi connectivity index (χ0n) is 10.8. The summed E-state index contributed by atoms with van der Waals surface area (Å²) in [6.07, 6.45) is 0. The van der Waals surface area contributed by atoms with Gasteiger partial charge in [-0.1, -0.05) is 41.9 Å². The van der Waals surface area contributed by atoms with Crippen molar-refractivity contribution in [3.8, 4) is 11.8 Å². The summed E-state index contributed by atoms with van der Waals surface area (Å²) in [4.78, 5) is 0. The van der Waals surface area contributed by atoms with Crippen molar-refractivity contribution in [3.63, 3.8) is 0 Å². The first kappa shape index (κ1) is 15.1. The molecule has 0 aliphatic carbocycles. The average Bonchev–Trinajstić information content (AvgIpc) is 2.47. The Balaban J connectivity index is 2.30. The van der Waals surface area contributed by atoms with Gasteiger partial charge in [0.05, 0.1) is 16.8 Å². The largest absolute Gasteiger partial charge is 0.434 e. The van der Waals surface area contributed by atoms with Crippen LogP contribution in [-0.2, 0) is 0 Å². The topological polar surface area (TPSA) is 45.0 Å². The monoisotopic (exact) mass is 308 g/mol. The SMILES string of the molecule is N#CC(Nc1ccccc1Cl)c1ccccc1OC(F)F. The Hall–Kier alpha value is -2.32. The number of nitriles is 1. The van der Waals surface area contributed by atoms with E-state index < -0.39 is 12.7 Å². The van der Waals surface area contributed by atoms with Gasteiger partial charge >= 0.3 is 6.61 Å². The summed E-state index contributed by atoms with van der Waals surface area (Å²) >= 11 is 6.01. The van der Waals surface area contributed by atoms with Crippen LogP contribution in [0, 0.1) is 11.3 Å². The lowest BCUT2D eigenvalue weighted by atomic mass is 10.1. The number of benzene rings is 2. The quantitative estimate of drug-likeness (QED) is 0.876. The fourth-order valence-electron chi connectivity index (χ4n) is 1.84. The van der Waals surface area contributed by atoms with Gasteiger partial charge in [-0.2, -0.15) is 14.0 Å². The minimum atomic E-state index is -2.95. The van der Waals surface area contributed by atoms with Crippen LogP contribution < -0.4 is 10.1 Å². The smallest absolute Gasteiger partial charge is 0.387 e. The summed E-state index contributed by atoms with van der Waals surface area (Å²) < 4.78 is 29.3. The molecule has 1 N–H and O–H groups in total. The Morgan fingerprint density at radius 2 is 1.76 bits per heavy atom. The number of nitrogens with one attached hydrogen (secondary N) is 1. The maximum absolute atomic E-state index is 12.4. The number of halogens is 3. The summed E-state index contributed by atoms with van der Waals surface area (Å²) in [5.74, 6) is -0.0430. The Kier molecular flexibility index (Phi) is 4.96. The van der Waals surface area contributed by atoms with E-state index in [0.717, 1.165) is 0 Å². The van der Waals surface area contributed by atoms with Gasteiger partial charge in [-0.15, -0.1) is 0 Å². The molecule has 0 spiro atoms. The highest BCUT2D eigenvalue weighted by molar-refractivity contribution is 6.33. The molecular formula is C15H11ClF2N2O. The van der Waals surface area contributed by atoms with Crippen molar-refractivity contribution in [2.75, 3.05) is 5.32 Å². The fraction of sp³-hybridized carbons (Fsp3) is 0.133. The standard InChI is InChI=1S/C15H11ClF2N2O/c16-11-6-2-3-7-12(11)20-13(9-19)10-5-1-4-8-14(10)21-15(17)18/h1-8,13,15,20H. The first-order valence-corrected chi connectivity index (χ1v) is 6.44. The van der Waals surface area contributed by atoms with Crippen molar-refractivity contribution >= 4 is 17.3 Å². The van der Waals surface area contributed by atoms with E-state index in [1.807, 2.05) is 6.07 Å². The van der Waals surface area contributed by atoms with Crippen LogP contribution in [0.1, 0.15) is 11.6 Å². The molecule has 0 aliphatic rings. The molecule has 2 rings (SSSR count). The number of hydrogen-bond donors (Lipinski definition) is 1. The molecule has 0 fully saturated rings. The summed E-state index contributed by atoms with van der Waals surface area (Å²) in [6.45, 7) is -2.95. The van der Waals surface area contributed by atoms with Gasteiger partial charge in [-0.05, 0) is 18.2 Å². The molecule has 0 saturated heterocycles. The fourth-order valence-corrected chi connectivity index (χ4v) is 2.03. The Labute approximate surface area is 125 Å². The second-order valence-electron chi connectivity index (χ2n) is 4.10. The zero-order chi connectivity index (χ0) is 15.2. The van der Waals surface area contributed by atoms with Crippen LogP contribution in [0.25, 0.3) is 0 Å². The van der Waals surface area contributed by atoms with E-state index in [2.05, 4.69) is 10.1 Å².